The fourth-order valence-corrected chi connectivity index (χ4v) is 1.52. The molecule has 0 aliphatic rings. The molecule has 2 heteroatoms. The Kier molecular flexibility index (Phi) is 4.03. The molecule has 0 unspecified atom stereocenters. The minimum atomic E-state index is 0.670. The SMILES string of the molecule is CCCCc1ccc(C=O)c(S)c1. The third kappa shape index (κ3) is 2.88. The summed E-state index contributed by atoms with van der Waals surface area (Å²) >= 11 is 4.24. The molecule has 0 aliphatic heterocycles. The standard InChI is InChI=1S/C11H14OS/c1-2-3-4-9-5-6-10(8-12)11(13)7-9/h5-8,13H,2-4H2,1H3. The smallest absolute Gasteiger partial charge is 0.151 e. The van der Waals surface area contributed by atoms with Crippen LogP contribution < -0.4 is 0 Å². The van der Waals surface area contributed by atoms with E-state index >= 15 is 0 Å². The molecule has 70 valence electrons. The van der Waals surface area contributed by atoms with Gasteiger partial charge in [-0.2, -0.15) is 0 Å². The maximum Gasteiger partial charge on any atom is 0.151 e. The van der Waals surface area contributed by atoms with Gasteiger partial charge in [0.15, 0.2) is 6.29 Å². The van der Waals surface area contributed by atoms with Crippen molar-refractivity contribution in [2.75, 3.05) is 0 Å². The van der Waals surface area contributed by atoms with Gasteiger partial charge in [0, 0.05) is 10.5 Å². The maximum absolute atomic E-state index is 10.5. The van der Waals surface area contributed by atoms with Crippen molar-refractivity contribution in [3.8, 4) is 0 Å². The first-order chi connectivity index (χ1) is 6.27. The lowest BCUT2D eigenvalue weighted by atomic mass is 10.1. The van der Waals surface area contributed by atoms with E-state index in [0.717, 1.165) is 17.6 Å². The summed E-state index contributed by atoms with van der Waals surface area (Å²) in [6.07, 6.45) is 4.29. The van der Waals surface area contributed by atoms with E-state index in [4.69, 9.17) is 0 Å². The maximum atomic E-state index is 10.5. The number of hydrogen-bond acceptors (Lipinski definition) is 2. The number of unbranched alkanes of at least 4 members (excludes halogenated alkanes) is 1. The zero-order valence-electron chi connectivity index (χ0n) is 7.79. The number of thiol groups is 1. The Morgan fingerprint density at radius 1 is 1.46 bits per heavy atom. The van der Waals surface area contributed by atoms with Gasteiger partial charge >= 0.3 is 0 Å². The Morgan fingerprint density at radius 3 is 2.77 bits per heavy atom. The van der Waals surface area contributed by atoms with Crippen LogP contribution >= 0.6 is 12.6 Å². The van der Waals surface area contributed by atoms with Gasteiger partial charge in [0.05, 0.1) is 0 Å². The van der Waals surface area contributed by atoms with Crippen LogP contribution in [0.1, 0.15) is 35.7 Å². The first-order valence-electron chi connectivity index (χ1n) is 4.55. The van der Waals surface area contributed by atoms with Crippen molar-refractivity contribution in [1.29, 1.82) is 0 Å². The lowest BCUT2D eigenvalue weighted by Crippen LogP contribution is -1.88. The molecule has 13 heavy (non-hydrogen) atoms. The highest BCUT2D eigenvalue weighted by atomic mass is 32.1. The van der Waals surface area contributed by atoms with E-state index in [0.29, 0.717) is 5.56 Å². The van der Waals surface area contributed by atoms with Gasteiger partial charge in [-0.3, -0.25) is 4.79 Å². The van der Waals surface area contributed by atoms with Crippen LogP contribution in [0, 0.1) is 0 Å². The highest BCUT2D eigenvalue weighted by molar-refractivity contribution is 7.80. The average molecular weight is 194 g/mol. The van der Waals surface area contributed by atoms with E-state index in [1.807, 2.05) is 18.2 Å². The van der Waals surface area contributed by atoms with Crippen LogP contribution in [-0.4, -0.2) is 6.29 Å². The van der Waals surface area contributed by atoms with Gasteiger partial charge in [0.25, 0.3) is 0 Å². The molecular weight excluding hydrogens is 180 g/mol. The van der Waals surface area contributed by atoms with Crippen LogP contribution in [0.5, 0.6) is 0 Å². The summed E-state index contributed by atoms with van der Waals surface area (Å²) in [6.45, 7) is 2.17. The first-order valence-corrected chi connectivity index (χ1v) is 4.99. The van der Waals surface area contributed by atoms with Gasteiger partial charge in [-0.15, -0.1) is 12.6 Å². The molecule has 0 aliphatic carbocycles. The number of benzene rings is 1. The quantitative estimate of drug-likeness (QED) is 0.575. The van der Waals surface area contributed by atoms with Crippen LogP contribution in [0.4, 0.5) is 0 Å². The fraction of sp³-hybridized carbons (Fsp3) is 0.364. The molecule has 0 bridgehead atoms. The van der Waals surface area contributed by atoms with Crippen molar-refractivity contribution in [1.82, 2.24) is 0 Å². The van der Waals surface area contributed by atoms with Crippen LogP contribution in [-0.2, 0) is 6.42 Å². The Labute approximate surface area is 84.6 Å². The fourth-order valence-electron chi connectivity index (χ4n) is 1.23. The van der Waals surface area contributed by atoms with E-state index in [1.165, 1.54) is 18.4 Å². The summed E-state index contributed by atoms with van der Waals surface area (Å²) in [4.78, 5) is 11.3. The lowest BCUT2D eigenvalue weighted by Gasteiger charge is -2.02. The molecule has 0 fully saturated rings. The number of carbonyl (C=O) groups excluding carboxylic acids is 1. The topological polar surface area (TPSA) is 17.1 Å². The average Bonchev–Trinajstić information content (AvgIpc) is 2.15. The van der Waals surface area contributed by atoms with Gasteiger partial charge < -0.3 is 0 Å². The number of aldehydes is 1. The normalized spacial score (nSPS) is 10.0. The molecule has 0 atom stereocenters. The van der Waals surface area contributed by atoms with Gasteiger partial charge in [0.2, 0.25) is 0 Å². The number of rotatable bonds is 4. The predicted octanol–water partition coefficient (Wildman–Crippen LogP) is 3.13. The molecule has 0 saturated heterocycles. The van der Waals surface area contributed by atoms with Crippen LogP contribution in [0.2, 0.25) is 0 Å². The molecule has 0 spiro atoms. The van der Waals surface area contributed by atoms with Crippen LogP contribution in [0.25, 0.3) is 0 Å². The van der Waals surface area contributed by atoms with Crippen molar-refractivity contribution in [3.05, 3.63) is 29.3 Å². The molecule has 1 nitrogen and oxygen atoms in total. The Balaban J connectivity index is 2.77. The monoisotopic (exact) mass is 194 g/mol. The van der Waals surface area contributed by atoms with Gasteiger partial charge in [-0.1, -0.05) is 25.5 Å². The van der Waals surface area contributed by atoms with Crippen LogP contribution in [0.3, 0.4) is 0 Å². The molecule has 0 amide bonds. The van der Waals surface area contributed by atoms with Crippen molar-refractivity contribution in [2.24, 2.45) is 0 Å². The minimum Gasteiger partial charge on any atom is -0.298 e. The molecule has 0 N–H and O–H groups in total. The second-order valence-electron chi connectivity index (χ2n) is 3.11. The third-order valence-electron chi connectivity index (χ3n) is 2.04. The minimum absolute atomic E-state index is 0.670. The summed E-state index contributed by atoms with van der Waals surface area (Å²) in [6, 6.07) is 5.81. The van der Waals surface area contributed by atoms with E-state index in [-0.39, 0.29) is 0 Å². The summed E-state index contributed by atoms with van der Waals surface area (Å²) in [5.41, 5.74) is 1.93. The predicted molar refractivity (Wildman–Crippen MR) is 57.7 cm³/mol. The largest absolute Gasteiger partial charge is 0.298 e. The van der Waals surface area contributed by atoms with Gasteiger partial charge in [-0.05, 0) is 24.5 Å². The second-order valence-corrected chi connectivity index (χ2v) is 3.60. The van der Waals surface area contributed by atoms with Crippen molar-refractivity contribution in [3.63, 3.8) is 0 Å². The molecule has 1 aromatic carbocycles. The highest BCUT2D eigenvalue weighted by Crippen LogP contribution is 2.15. The number of hydrogen-bond donors (Lipinski definition) is 1. The van der Waals surface area contributed by atoms with Crippen molar-refractivity contribution >= 4 is 18.9 Å². The molecule has 0 saturated carbocycles. The highest BCUT2D eigenvalue weighted by Gasteiger charge is 1.98. The summed E-state index contributed by atoms with van der Waals surface area (Å²) in [5.74, 6) is 0. The molecule has 1 rings (SSSR count). The zero-order valence-corrected chi connectivity index (χ0v) is 8.68. The lowest BCUT2D eigenvalue weighted by molar-refractivity contribution is 0.112. The molecule has 0 aromatic heterocycles. The van der Waals surface area contributed by atoms with E-state index in [2.05, 4.69) is 19.6 Å². The van der Waals surface area contributed by atoms with Crippen molar-refractivity contribution < 1.29 is 4.79 Å². The van der Waals surface area contributed by atoms with Crippen LogP contribution in [0.15, 0.2) is 23.1 Å². The summed E-state index contributed by atoms with van der Waals surface area (Å²) in [5, 5.41) is 0. The number of carbonyl (C=O) groups is 1. The molecular formula is C11H14OS. The van der Waals surface area contributed by atoms with Gasteiger partial charge in [-0.25, -0.2) is 0 Å². The third-order valence-corrected chi connectivity index (χ3v) is 2.43. The number of aryl methyl sites for hydroxylation is 1. The Morgan fingerprint density at radius 2 is 2.23 bits per heavy atom. The Hall–Kier alpha value is -0.760. The summed E-state index contributed by atoms with van der Waals surface area (Å²) < 4.78 is 0. The zero-order chi connectivity index (χ0) is 9.68. The van der Waals surface area contributed by atoms with E-state index in [1.54, 1.807) is 0 Å². The van der Waals surface area contributed by atoms with E-state index in [9.17, 15) is 4.79 Å². The molecule has 0 radical (unpaired) electrons. The summed E-state index contributed by atoms with van der Waals surface area (Å²) in [7, 11) is 0. The van der Waals surface area contributed by atoms with Crippen molar-refractivity contribution in [2.45, 2.75) is 31.1 Å². The second kappa shape index (κ2) is 5.07. The molecule has 1 aromatic rings. The Bertz CT molecular complexity index is 294. The molecule has 0 heterocycles. The van der Waals surface area contributed by atoms with Gasteiger partial charge in [0.1, 0.15) is 0 Å². The first kappa shape index (κ1) is 10.3. The van der Waals surface area contributed by atoms with E-state index < -0.39 is 0 Å².